The van der Waals surface area contributed by atoms with Crippen molar-refractivity contribution in [2.75, 3.05) is 0 Å². The molecule has 6 nitrogen and oxygen atoms in total. The summed E-state index contributed by atoms with van der Waals surface area (Å²) in [5, 5.41) is 13.1. The first kappa shape index (κ1) is 20.9. The Kier molecular flexibility index (Phi) is 6.52. The van der Waals surface area contributed by atoms with Crippen molar-refractivity contribution in [3.8, 4) is 17.0 Å². The molecule has 2 atom stereocenters. The van der Waals surface area contributed by atoms with Crippen LogP contribution in [0.5, 0.6) is 5.88 Å². The molecular formula is C24H24FN3O3. The van der Waals surface area contributed by atoms with E-state index in [0.29, 0.717) is 29.0 Å². The van der Waals surface area contributed by atoms with Crippen LogP contribution in [0.2, 0.25) is 0 Å². The summed E-state index contributed by atoms with van der Waals surface area (Å²) < 4.78 is 19.3. The van der Waals surface area contributed by atoms with E-state index in [-0.39, 0.29) is 24.4 Å². The van der Waals surface area contributed by atoms with Crippen molar-refractivity contribution in [1.29, 1.82) is 0 Å². The number of carbonyl (C=O) groups is 1. The number of aliphatic hydroxyl groups excluding tert-OH is 1. The number of nitrogens with zero attached hydrogens (tertiary/aromatic N) is 2. The van der Waals surface area contributed by atoms with Gasteiger partial charge in [-0.3, -0.25) is 9.78 Å². The molecule has 1 aromatic carbocycles. The second kappa shape index (κ2) is 9.66. The molecule has 4 rings (SSSR count). The van der Waals surface area contributed by atoms with Gasteiger partial charge in [-0.15, -0.1) is 0 Å². The highest BCUT2D eigenvalue weighted by Crippen LogP contribution is 2.30. The van der Waals surface area contributed by atoms with Gasteiger partial charge in [-0.05, 0) is 42.7 Å². The summed E-state index contributed by atoms with van der Waals surface area (Å²) >= 11 is 0. The van der Waals surface area contributed by atoms with Crippen molar-refractivity contribution >= 4 is 5.91 Å². The Morgan fingerprint density at radius 2 is 1.97 bits per heavy atom. The fourth-order valence-corrected chi connectivity index (χ4v) is 3.69. The highest BCUT2D eigenvalue weighted by molar-refractivity contribution is 5.95. The number of aromatic nitrogens is 2. The standard InChI is InChI=1S/C24H24FN3O3/c25-19-9-7-17(8-10-19)20-12-18(23(30)28-21-5-1-2-6-22(21)29)14-27-24(20)31-15-16-4-3-11-26-13-16/h3-4,7-14,21-22,29H,1-2,5-6,15H2,(H,28,30). The molecule has 2 unspecified atom stereocenters. The Hall–Kier alpha value is -3.32. The van der Waals surface area contributed by atoms with Crippen molar-refractivity contribution in [1.82, 2.24) is 15.3 Å². The fraction of sp³-hybridized carbons (Fsp3) is 0.292. The Labute approximate surface area is 180 Å². The van der Waals surface area contributed by atoms with Crippen molar-refractivity contribution in [3.05, 3.63) is 78.0 Å². The summed E-state index contributed by atoms with van der Waals surface area (Å²) in [5.41, 5.74) is 2.50. The van der Waals surface area contributed by atoms with E-state index in [9.17, 15) is 14.3 Å². The minimum Gasteiger partial charge on any atom is -0.472 e. The zero-order valence-electron chi connectivity index (χ0n) is 17.0. The number of hydrogen-bond donors (Lipinski definition) is 2. The third-order valence-corrected chi connectivity index (χ3v) is 5.41. The molecule has 3 aromatic rings. The zero-order chi connectivity index (χ0) is 21.6. The van der Waals surface area contributed by atoms with Crippen molar-refractivity contribution in [2.24, 2.45) is 0 Å². The lowest BCUT2D eigenvalue weighted by atomic mass is 9.92. The molecule has 1 saturated carbocycles. The van der Waals surface area contributed by atoms with Crippen LogP contribution < -0.4 is 10.1 Å². The largest absolute Gasteiger partial charge is 0.472 e. The molecule has 0 spiro atoms. The SMILES string of the molecule is O=C(NC1CCCCC1O)c1cnc(OCc2cccnc2)c(-c2ccc(F)cc2)c1. The molecule has 31 heavy (non-hydrogen) atoms. The zero-order valence-corrected chi connectivity index (χ0v) is 17.0. The Morgan fingerprint density at radius 1 is 1.16 bits per heavy atom. The van der Waals surface area contributed by atoms with Crippen molar-refractivity contribution < 1.29 is 19.0 Å². The number of rotatable bonds is 6. The Balaban J connectivity index is 1.59. The molecule has 0 bridgehead atoms. The van der Waals surface area contributed by atoms with Crippen LogP contribution >= 0.6 is 0 Å². The number of carbonyl (C=O) groups excluding carboxylic acids is 1. The molecule has 2 aromatic heterocycles. The first-order chi connectivity index (χ1) is 15.1. The van der Waals surface area contributed by atoms with Gasteiger partial charge in [0.15, 0.2) is 0 Å². The van der Waals surface area contributed by atoms with Crippen LogP contribution in [0.3, 0.4) is 0 Å². The van der Waals surface area contributed by atoms with E-state index in [1.54, 1.807) is 30.6 Å². The third kappa shape index (κ3) is 5.24. The smallest absolute Gasteiger partial charge is 0.253 e. The van der Waals surface area contributed by atoms with Crippen LogP contribution in [0.15, 0.2) is 61.1 Å². The van der Waals surface area contributed by atoms with E-state index in [4.69, 9.17) is 4.74 Å². The molecular weight excluding hydrogens is 397 g/mol. The summed E-state index contributed by atoms with van der Waals surface area (Å²) in [6.07, 6.45) is 7.68. The average molecular weight is 421 g/mol. The van der Waals surface area contributed by atoms with Gasteiger partial charge in [-0.2, -0.15) is 0 Å². The quantitative estimate of drug-likeness (QED) is 0.631. The van der Waals surface area contributed by atoms with E-state index >= 15 is 0 Å². The van der Waals surface area contributed by atoms with E-state index in [2.05, 4.69) is 15.3 Å². The van der Waals surface area contributed by atoms with Crippen LogP contribution in [0.1, 0.15) is 41.6 Å². The van der Waals surface area contributed by atoms with Gasteiger partial charge in [0.25, 0.3) is 5.91 Å². The van der Waals surface area contributed by atoms with Gasteiger partial charge in [0.1, 0.15) is 12.4 Å². The van der Waals surface area contributed by atoms with Crippen LogP contribution in [-0.4, -0.2) is 33.1 Å². The first-order valence-corrected chi connectivity index (χ1v) is 10.4. The van der Waals surface area contributed by atoms with E-state index in [1.165, 1.54) is 18.3 Å². The molecule has 1 aliphatic rings. The maximum absolute atomic E-state index is 13.4. The molecule has 0 saturated heterocycles. The second-order valence-electron chi connectivity index (χ2n) is 7.67. The summed E-state index contributed by atoms with van der Waals surface area (Å²) in [6.45, 7) is 0.259. The number of aliphatic hydroxyl groups is 1. The predicted molar refractivity (Wildman–Crippen MR) is 114 cm³/mol. The van der Waals surface area contributed by atoms with Crippen LogP contribution in [0.25, 0.3) is 11.1 Å². The molecule has 0 radical (unpaired) electrons. The average Bonchev–Trinajstić information content (AvgIpc) is 2.80. The lowest BCUT2D eigenvalue weighted by Crippen LogP contribution is -2.45. The lowest BCUT2D eigenvalue weighted by molar-refractivity contribution is 0.0717. The summed E-state index contributed by atoms with van der Waals surface area (Å²) in [5.74, 6) is -0.319. The minimum atomic E-state index is -0.538. The fourth-order valence-electron chi connectivity index (χ4n) is 3.69. The van der Waals surface area contributed by atoms with Crippen LogP contribution in [-0.2, 0) is 6.61 Å². The Bertz CT molecular complexity index is 1030. The number of pyridine rings is 2. The topological polar surface area (TPSA) is 84.3 Å². The van der Waals surface area contributed by atoms with Gasteiger partial charge >= 0.3 is 0 Å². The van der Waals surface area contributed by atoms with Crippen molar-refractivity contribution in [3.63, 3.8) is 0 Å². The highest BCUT2D eigenvalue weighted by atomic mass is 19.1. The number of hydrogen-bond acceptors (Lipinski definition) is 5. The summed E-state index contributed by atoms with van der Waals surface area (Å²) in [6, 6.07) is 11.1. The van der Waals surface area contributed by atoms with E-state index in [1.807, 2.05) is 12.1 Å². The maximum atomic E-state index is 13.4. The molecule has 0 aliphatic heterocycles. The number of halogens is 1. The monoisotopic (exact) mass is 421 g/mol. The third-order valence-electron chi connectivity index (χ3n) is 5.41. The number of ether oxygens (including phenoxy) is 1. The van der Waals surface area contributed by atoms with Gasteiger partial charge < -0.3 is 15.2 Å². The second-order valence-corrected chi connectivity index (χ2v) is 7.67. The molecule has 1 amide bonds. The minimum absolute atomic E-state index is 0.259. The number of benzene rings is 1. The molecule has 1 aliphatic carbocycles. The molecule has 160 valence electrons. The van der Waals surface area contributed by atoms with Gasteiger partial charge in [0.2, 0.25) is 5.88 Å². The number of amides is 1. The van der Waals surface area contributed by atoms with Gasteiger partial charge in [-0.25, -0.2) is 9.37 Å². The molecule has 2 heterocycles. The van der Waals surface area contributed by atoms with Gasteiger partial charge in [-0.1, -0.05) is 31.0 Å². The van der Waals surface area contributed by atoms with Crippen molar-refractivity contribution in [2.45, 2.75) is 44.4 Å². The molecule has 1 fully saturated rings. The van der Waals surface area contributed by atoms with Gasteiger partial charge in [0, 0.05) is 29.7 Å². The highest BCUT2D eigenvalue weighted by Gasteiger charge is 2.25. The normalized spacial score (nSPS) is 18.4. The first-order valence-electron chi connectivity index (χ1n) is 10.4. The summed E-state index contributed by atoms with van der Waals surface area (Å²) in [7, 11) is 0. The molecule has 7 heteroatoms. The van der Waals surface area contributed by atoms with E-state index in [0.717, 1.165) is 24.8 Å². The van der Waals surface area contributed by atoms with E-state index < -0.39 is 6.10 Å². The predicted octanol–water partition coefficient (Wildman–Crippen LogP) is 3.90. The van der Waals surface area contributed by atoms with Crippen LogP contribution in [0.4, 0.5) is 4.39 Å². The molecule has 2 N–H and O–H groups in total. The number of nitrogens with one attached hydrogen (secondary N) is 1. The summed E-state index contributed by atoms with van der Waals surface area (Å²) in [4.78, 5) is 21.3. The maximum Gasteiger partial charge on any atom is 0.253 e. The van der Waals surface area contributed by atoms with Crippen LogP contribution in [0, 0.1) is 5.82 Å². The lowest BCUT2D eigenvalue weighted by Gasteiger charge is -2.28. The van der Waals surface area contributed by atoms with Gasteiger partial charge in [0.05, 0.1) is 17.7 Å². The Morgan fingerprint density at radius 3 is 2.71 bits per heavy atom.